The molecule has 6 rings (SSSR count). The van der Waals surface area contributed by atoms with Crippen LogP contribution < -0.4 is 10.2 Å². The van der Waals surface area contributed by atoms with Gasteiger partial charge in [0.15, 0.2) is 11.6 Å². The van der Waals surface area contributed by atoms with E-state index in [-0.39, 0.29) is 17.3 Å². The third kappa shape index (κ3) is 2.76. The first-order chi connectivity index (χ1) is 15.6. The number of hydrogen-bond donors (Lipinski definition) is 1. The van der Waals surface area contributed by atoms with Gasteiger partial charge in [-0.25, -0.2) is 19.3 Å². The summed E-state index contributed by atoms with van der Waals surface area (Å²) >= 11 is 1.12. The van der Waals surface area contributed by atoms with Gasteiger partial charge in [-0.3, -0.25) is 4.79 Å². The largest absolute Gasteiger partial charge is 0.352 e. The average Bonchev–Trinajstić information content (AvgIpc) is 3.24. The number of halogens is 1. The summed E-state index contributed by atoms with van der Waals surface area (Å²) in [5.74, 6) is 0.816. The van der Waals surface area contributed by atoms with Gasteiger partial charge >= 0.3 is 0 Å². The molecule has 1 aromatic carbocycles. The molecule has 2 aliphatic rings. The highest BCUT2D eigenvalue weighted by molar-refractivity contribution is 7.13. The molecule has 32 heavy (non-hydrogen) atoms. The molecule has 2 saturated heterocycles. The van der Waals surface area contributed by atoms with Gasteiger partial charge in [0.1, 0.15) is 17.7 Å². The Labute approximate surface area is 186 Å². The Bertz CT molecular complexity index is 1400. The number of nitrogens with zero attached hydrogens (tertiary/aromatic N) is 6. The van der Waals surface area contributed by atoms with Gasteiger partial charge in [0.25, 0.3) is 0 Å². The molecule has 1 spiro atoms. The second-order valence-electron chi connectivity index (χ2n) is 8.08. The van der Waals surface area contributed by atoms with Gasteiger partial charge in [0.2, 0.25) is 5.91 Å². The third-order valence-corrected chi connectivity index (χ3v) is 7.10. The summed E-state index contributed by atoms with van der Waals surface area (Å²) in [6.07, 6.45) is 5.43. The van der Waals surface area contributed by atoms with Gasteiger partial charge in [0.05, 0.1) is 21.4 Å². The number of carbonyl (C=O) groups excluding carboxylic acids is 1. The zero-order valence-electron chi connectivity index (χ0n) is 17.0. The number of benzene rings is 1. The first-order valence-electron chi connectivity index (χ1n) is 10.2. The van der Waals surface area contributed by atoms with Gasteiger partial charge in [-0.05, 0) is 48.3 Å². The topological polar surface area (TPSA) is 87.1 Å². The Morgan fingerprint density at radius 2 is 2.12 bits per heavy atom. The molecule has 1 amide bonds. The fraction of sp³-hybridized carbons (Fsp3) is 0.227. The van der Waals surface area contributed by atoms with Crippen LogP contribution >= 0.6 is 11.5 Å². The molecule has 8 nitrogen and oxygen atoms in total. The van der Waals surface area contributed by atoms with Crippen molar-refractivity contribution in [2.24, 2.45) is 0 Å². The van der Waals surface area contributed by atoms with E-state index in [0.29, 0.717) is 27.2 Å². The second-order valence-corrected chi connectivity index (χ2v) is 8.88. The van der Waals surface area contributed by atoms with Crippen molar-refractivity contribution in [2.75, 3.05) is 29.9 Å². The number of anilines is 3. The summed E-state index contributed by atoms with van der Waals surface area (Å²) in [5, 5.41) is 3.84. The number of carbonyl (C=O) groups is 1. The number of hydrogen-bond acceptors (Lipinski definition) is 8. The van der Waals surface area contributed by atoms with Crippen LogP contribution in [0.25, 0.3) is 21.1 Å². The van der Waals surface area contributed by atoms with E-state index in [4.69, 9.17) is 4.98 Å². The van der Waals surface area contributed by atoms with Crippen LogP contribution in [0.1, 0.15) is 6.42 Å². The molecule has 1 N–H and O–H groups in total. The molecule has 10 heteroatoms. The molecule has 2 aliphatic heterocycles. The molecule has 0 aliphatic carbocycles. The number of likely N-dealkylation sites (tertiary alicyclic amines) is 1. The van der Waals surface area contributed by atoms with Crippen LogP contribution in [-0.2, 0) is 4.79 Å². The second kappa shape index (κ2) is 6.92. The van der Waals surface area contributed by atoms with Crippen molar-refractivity contribution in [3.8, 4) is 0 Å². The maximum atomic E-state index is 14.9. The minimum Gasteiger partial charge on any atom is -0.352 e. The van der Waals surface area contributed by atoms with Crippen LogP contribution in [0.2, 0.25) is 0 Å². The summed E-state index contributed by atoms with van der Waals surface area (Å²) in [6.45, 7) is 5.80. The van der Waals surface area contributed by atoms with Gasteiger partial charge in [-0.15, -0.1) is 0 Å². The molecular formula is C22H18FN7OS. The predicted octanol–water partition coefficient (Wildman–Crippen LogP) is 3.49. The summed E-state index contributed by atoms with van der Waals surface area (Å²) < 4.78 is 19.5. The average molecular weight is 447 g/mol. The van der Waals surface area contributed by atoms with Crippen LogP contribution in [0.3, 0.4) is 0 Å². The van der Waals surface area contributed by atoms with Crippen molar-refractivity contribution in [3.05, 3.63) is 55.3 Å². The lowest BCUT2D eigenvalue weighted by Gasteiger charge is -2.62. The highest BCUT2D eigenvalue weighted by Crippen LogP contribution is 2.41. The Hall–Kier alpha value is -3.66. The van der Waals surface area contributed by atoms with Crippen LogP contribution in [-0.4, -0.2) is 55.3 Å². The zero-order valence-corrected chi connectivity index (χ0v) is 17.8. The molecule has 0 unspecified atom stereocenters. The summed E-state index contributed by atoms with van der Waals surface area (Å²) in [5.41, 5.74) is 1.41. The third-order valence-electron chi connectivity index (χ3n) is 6.29. The van der Waals surface area contributed by atoms with Crippen LogP contribution in [0, 0.1) is 5.82 Å². The fourth-order valence-electron chi connectivity index (χ4n) is 4.47. The van der Waals surface area contributed by atoms with Crippen molar-refractivity contribution in [2.45, 2.75) is 12.0 Å². The van der Waals surface area contributed by atoms with Gasteiger partial charge in [0, 0.05) is 31.2 Å². The molecular weight excluding hydrogens is 429 g/mol. The lowest BCUT2D eigenvalue weighted by Crippen LogP contribution is -2.78. The SMILES string of the molecule is C=CC(=O)N1CCC12CN(c1ccc3ncnc(Nc4ccc5cnsc5c4F)c3n1)C2. The number of fused-ring (bicyclic) bond motifs is 2. The highest BCUT2D eigenvalue weighted by atomic mass is 32.1. The maximum absolute atomic E-state index is 14.9. The number of amides is 1. The highest BCUT2D eigenvalue weighted by Gasteiger charge is 2.55. The molecule has 4 aromatic rings. The van der Waals surface area contributed by atoms with E-state index < -0.39 is 0 Å². The molecule has 0 radical (unpaired) electrons. The Balaban J connectivity index is 1.30. The standard InChI is InChI=1S/C22H18FN7OS/c1-2-17(31)30-8-7-22(30)10-29(11-22)16-6-5-15-19(28-16)21(25-12-24-15)27-14-4-3-13-9-26-32-20(13)18(14)23/h2-6,9,12H,1,7-8,10-11H2,(H,24,25,27). The Morgan fingerprint density at radius 3 is 2.91 bits per heavy atom. The molecule has 0 bridgehead atoms. The number of pyridine rings is 1. The summed E-state index contributed by atoms with van der Waals surface area (Å²) in [7, 11) is 0. The first kappa shape index (κ1) is 19.1. The lowest BCUT2D eigenvalue weighted by atomic mass is 9.77. The van der Waals surface area contributed by atoms with E-state index in [1.165, 1.54) is 12.4 Å². The minimum absolute atomic E-state index is 0.0257. The van der Waals surface area contributed by atoms with Crippen molar-refractivity contribution < 1.29 is 9.18 Å². The molecule has 3 aromatic heterocycles. The molecule has 0 atom stereocenters. The van der Waals surface area contributed by atoms with Crippen molar-refractivity contribution >= 4 is 55.9 Å². The Kier molecular flexibility index (Phi) is 4.12. The van der Waals surface area contributed by atoms with E-state index in [9.17, 15) is 9.18 Å². The van der Waals surface area contributed by atoms with Gasteiger partial charge < -0.3 is 15.1 Å². The quantitative estimate of drug-likeness (QED) is 0.479. The molecule has 2 fully saturated rings. The Morgan fingerprint density at radius 1 is 1.25 bits per heavy atom. The van der Waals surface area contributed by atoms with Crippen molar-refractivity contribution in [1.29, 1.82) is 0 Å². The van der Waals surface area contributed by atoms with Gasteiger partial charge in [-0.1, -0.05) is 6.58 Å². The fourth-order valence-corrected chi connectivity index (χ4v) is 5.16. The number of nitrogens with one attached hydrogen (secondary N) is 1. The summed E-state index contributed by atoms with van der Waals surface area (Å²) in [6, 6.07) is 7.28. The first-order valence-corrected chi connectivity index (χ1v) is 11.0. The molecule has 5 heterocycles. The number of rotatable bonds is 4. The minimum atomic E-state index is -0.366. The van der Waals surface area contributed by atoms with E-state index in [2.05, 4.69) is 31.1 Å². The smallest absolute Gasteiger partial charge is 0.246 e. The van der Waals surface area contributed by atoms with E-state index >= 15 is 0 Å². The zero-order chi connectivity index (χ0) is 21.9. The van der Waals surface area contributed by atoms with Gasteiger partial charge in [-0.2, -0.15) is 4.37 Å². The monoisotopic (exact) mass is 447 g/mol. The lowest BCUT2D eigenvalue weighted by molar-refractivity contribution is -0.144. The van der Waals surface area contributed by atoms with E-state index in [1.807, 2.05) is 23.1 Å². The van der Waals surface area contributed by atoms with Crippen LogP contribution in [0.4, 0.5) is 21.7 Å². The molecule has 160 valence electrons. The maximum Gasteiger partial charge on any atom is 0.246 e. The van der Waals surface area contributed by atoms with Crippen molar-refractivity contribution in [3.63, 3.8) is 0 Å². The van der Waals surface area contributed by atoms with Crippen LogP contribution in [0.15, 0.2) is 49.4 Å². The normalized spacial score (nSPS) is 16.8. The van der Waals surface area contributed by atoms with E-state index in [0.717, 1.165) is 48.8 Å². The van der Waals surface area contributed by atoms with Crippen molar-refractivity contribution in [1.82, 2.24) is 24.2 Å². The van der Waals surface area contributed by atoms with Crippen LogP contribution in [0.5, 0.6) is 0 Å². The summed E-state index contributed by atoms with van der Waals surface area (Å²) in [4.78, 5) is 29.4. The predicted molar refractivity (Wildman–Crippen MR) is 122 cm³/mol. The van der Waals surface area contributed by atoms with E-state index in [1.54, 1.807) is 12.3 Å². The molecule has 0 saturated carbocycles. The number of aromatic nitrogens is 4.